The highest BCUT2D eigenvalue weighted by Gasteiger charge is 2.35. The summed E-state index contributed by atoms with van der Waals surface area (Å²) < 4.78 is 18.5. The highest BCUT2D eigenvalue weighted by molar-refractivity contribution is 5.83. The summed E-state index contributed by atoms with van der Waals surface area (Å²) in [5, 5.41) is 3.08. The molecule has 1 N–H and O–H groups in total. The van der Waals surface area contributed by atoms with Crippen LogP contribution < -0.4 is 5.32 Å². The summed E-state index contributed by atoms with van der Waals surface area (Å²) in [5.41, 5.74) is 0.908. The Bertz CT molecular complexity index is 536. The molecule has 0 saturated carbocycles. The molecule has 0 spiro atoms. The third-order valence-corrected chi connectivity index (χ3v) is 4.78. The van der Waals surface area contributed by atoms with Crippen molar-refractivity contribution in [2.45, 2.75) is 32.2 Å². The Morgan fingerprint density at radius 3 is 2.48 bits per heavy atom. The van der Waals surface area contributed by atoms with Crippen molar-refractivity contribution in [2.75, 3.05) is 32.8 Å². The quantitative estimate of drug-likeness (QED) is 0.906. The molecule has 2 aliphatic rings. The van der Waals surface area contributed by atoms with E-state index in [1.54, 1.807) is 12.1 Å². The molecule has 0 bridgehead atoms. The van der Waals surface area contributed by atoms with Crippen LogP contribution in [-0.2, 0) is 9.53 Å². The SMILES string of the molecule is CC1(CNC(=O)[C@@H](c2ccc(F)cc2)N2CCCCC2)COC1. The number of hydrogen-bond donors (Lipinski definition) is 1. The minimum absolute atomic E-state index is 0.00614. The van der Waals surface area contributed by atoms with Crippen molar-refractivity contribution in [2.24, 2.45) is 5.41 Å². The van der Waals surface area contributed by atoms with Gasteiger partial charge in [0.15, 0.2) is 0 Å². The lowest BCUT2D eigenvalue weighted by Gasteiger charge is -2.39. The summed E-state index contributed by atoms with van der Waals surface area (Å²) in [7, 11) is 0. The molecule has 1 amide bonds. The van der Waals surface area contributed by atoms with Gasteiger partial charge in [0.25, 0.3) is 0 Å². The van der Waals surface area contributed by atoms with Gasteiger partial charge in [-0.15, -0.1) is 0 Å². The summed E-state index contributed by atoms with van der Waals surface area (Å²) in [6, 6.07) is 5.98. The van der Waals surface area contributed by atoms with E-state index in [1.807, 2.05) is 0 Å². The molecule has 2 saturated heterocycles. The molecule has 1 aromatic rings. The second-order valence-corrected chi connectivity index (χ2v) is 7.07. The van der Waals surface area contributed by atoms with Gasteiger partial charge in [-0.05, 0) is 43.6 Å². The van der Waals surface area contributed by atoms with Crippen LogP contribution in [0.2, 0.25) is 0 Å². The predicted octanol–water partition coefficient (Wildman–Crippen LogP) is 2.51. The molecule has 0 aromatic heterocycles. The topological polar surface area (TPSA) is 41.6 Å². The van der Waals surface area contributed by atoms with E-state index in [0.29, 0.717) is 19.8 Å². The Hall–Kier alpha value is -1.46. The van der Waals surface area contributed by atoms with Gasteiger partial charge in [0.05, 0.1) is 13.2 Å². The molecule has 0 unspecified atom stereocenters. The first-order valence-electron chi connectivity index (χ1n) is 8.42. The molecule has 5 heteroatoms. The zero-order valence-corrected chi connectivity index (χ0v) is 13.7. The van der Waals surface area contributed by atoms with Crippen LogP contribution in [0.15, 0.2) is 24.3 Å². The smallest absolute Gasteiger partial charge is 0.241 e. The third-order valence-electron chi connectivity index (χ3n) is 4.78. The summed E-state index contributed by atoms with van der Waals surface area (Å²) in [5.74, 6) is -0.266. The number of piperidine rings is 1. The van der Waals surface area contributed by atoms with Gasteiger partial charge in [-0.2, -0.15) is 0 Å². The Kier molecular flexibility index (Phi) is 4.97. The Balaban J connectivity index is 1.73. The van der Waals surface area contributed by atoms with Crippen LogP contribution in [0.3, 0.4) is 0 Å². The van der Waals surface area contributed by atoms with Gasteiger partial charge >= 0.3 is 0 Å². The van der Waals surface area contributed by atoms with E-state index >= 15 is 0 Å². The molecule has 1 atom stereocenters. The van der Waals surface area contributed by atoms with Crippen LogP contribution in [0.4, 0.5) is 4.39 Å². The Labute approximate surface area is 137 Å². The van der Waals surface area contributed by atoms with E-state index in [-0.39, 0.29) is 23.2 Å². The number of amides is 1. The Morgan fingerprint density at radius 2 is 1.91 bits per heavy atom. The molecule has 23 heavy (non-hydrogen) atoms. The zero-order valence-electron chi connectivity index (χ0n) is 13.7. The van der Waals surface area contributed by atoms with E-state index in [9.17, 15) is 9.18 Å². The lowest BCUT2D eigenvalue weighted by molar-refractivity contribution is -0.132. The molecule has 4 nitrogen and oxygen atoms in total. The van der Waals surface area contributed by atoms with Gasteiger partial charge in [-0.1, -0.05) is 25.5 Å². The second kappa shape index (κ2) is 6.97. The summed E-state index contributed by atoms with van der Waals surface area (Å²) in [4.78, 5) is 15.0. The average molecular weight is 320 g/mol. The molecule has 0 radical (unpaired) electrons. The normalized spacial score (nSPS) is 22.2. The van der Waals surface area contributed by atoms with E-state index in [1.165, 1.54) is 18.6 Å². The molecular formula is C18H25FN2O2. The number of nitrogens with zero attached hydrogens (tertiary/aromatic N) is 1. The molecule has 2 fully saturated rings. The average Bonchev–Trinajstić information content (AvgIpc) is 2.54. The number of benzene rings is 1. The van der Waals surface area contributed by atoms with Gasteiger partial charge in [-0.25, -0.2) is 4.39 Å². The molecule has 2 aliphatic heterocycles. The van der Waals surface area contributed by atoms with Gasteiger partial charge in [0.1, 0.15) is 11.9 Å². The summed E-state index contributed by atoms with van der Waals surface area (Å²) in [6.07, 6.45) is 3.43. The number of ether oxygens (including phenoxy) is 1. The minimum atomic E-state index is -0.333. The number of hydrogen-bond acceptors (Lipinski definition) is 3. The molecule has 3 rings (SSSR count). The first kappa shape index (κ1) is 16.4. The first-order chi connectivity index (χ1) is 11.1. The summed E-state index contributed by atoms with van der Waals surface area (Å²) in [6.45, 7) is 5.95. The van der Waals surface area contributed by atoms with E-state index in [4.69, 9.17) is 4.74 Å². The molecule has 126 valence electrons. The first-order valence-corrected chi connectivity index (χ1v) is 8.42. The van der Waals surface area contributed by atoms with Crippen molar-refractivity contribution in [3.63, 3.8) is 0 Å². The van der Waals surface area contributed by atoms with E-state index in [2.05, 4.69) is 17.1 Å². The monoisotopic (exact) mass is 320 g/mol. The lowest BCUT2D eigenvalue weighted by Crippen LogP contribution is -2.51. The van der Waals surface area contributed by atoms with Crippen LogP contribution in [0.25, 0.3) is 0 Å². The second-order valence-electron chi connectivity index (χ2n) is 7.07. The van der Waals surface area contributed by atoms with Gasteiger partial charge in [0, 0.05) is 12.0 Å². The van der Waals surface area contributed by atoms with Crippen molar-refractivity contribution in [1.82, 2.24) is 10.2 Å². The largest absolute Gasteiger partial charge is 0.380 e. The highest BCUT2D eigenvalue weighted by atomic mass is 19.1. The van der Waals surface area contributed by atoms with Crippen molar-refractivity contribution >= 4 is 5.91 Å². The number of likely N-dealkylation sites (tertiary alicyclic amines) is 1. The fraction of sp³-hybridized carbons (Fsp3) is 0.611. The number of carbonyl (C=O) groups excluding carboxylic acids is 1. The van der Waals surface area contributed by atoms with Crippen molar-refractivity contribution < 1.29 is 13.9 Å². The lowest BCUT2D eigenvalue weighted by atomic mass is 9.88. The molecule has 0 aliphatic carbocycles. The molecule has 2 heterocycles. The van der Waals surface area contributed by atoms with Crippen LogP contribution >= 0.6 is 0 Å². The van der Waals surface area contributed by atoms with E-state index in [0.717, 1.165) is 31.5 Å². The van der Waals surface area contributed by atoms with Crippen LogP contribution in [0.5, 0.6) is 0 Å². The fourth-order valence-corrected chi connectivity index (χ4v) is 3.30. The maximum Gasteiger partial charge on any atom is 0.241 e. The maximum absolute atomic E-state index is 13.2. The number of carbonyl (C=O) groups is 1. The third kappa shape index (κ3) is 3.90. The molecular weight excluding hydrogens is 295 g/mol. The Morgan fingerprint density at radius 1 is 1.26 bits per heavy atom. The van der Waals surface area contributed by atoms with Crippen molar-refractivity contribution in [3.05, 3.63) is 35.6 Å². The van der Waals surface area contributed by atoms with Crippen LogP contribution in [0.1, 0.15) is 37.8 Å². The maximum atomic E-state index is 13.2. The number of nitrogens with one attached hydrogen (secondary N) is 1. The van der Waals surface area contributed by atoms with E-state index < -0.39 is 0 Å². The number of rotatable bonds is 5. The van der Waals surface area contributed by atoms with Crippen molar-refractivity contribution in [3.8, 4) is 0 Å². The van der Waals surface area contributed by atoms with Gasteiger partial charge < -0.3 is 10.1 Å². The van der Waals surface area contributed by atoms with Crippen LogP contribution in [-0.4, -0.2) is 43.7 Å². The summed E-state index contributed by atoms with van der Waals surface area (Å²) >= 11 is 0. The number of halogens is 1. The van der Waals surface area contributed by atoms with Gasteiger partial charge in [0.2, 0.25) is 5.91 Å². The highest BCUT2D eigenvalue weighted by Crippen LogP contribution is 2.28. The predicted molar refractivity (Wildman–Crippen MR) is 86.5 cm³/mol. The zero-order chi connectivity index (χ0) is 16.3. The standard InChI is InChI=1S/C18H25FN2O2/c1-18(12-23-13-18)11-20-17(22)16(21-9-3-2-4-10-21)14-5-7-15(19)8-6-14/h5-8,16H,2-4,9-13H2,1H3,(H,20,22)/t16-/m1/s1. The van der Waals surface area contributed by atoms with Gasteiger partial charge in [-0.3, -0.25) is 9.69 Å². The minimum Gasteiger partial charge on any atom is -0.380 e. The fourth-order valence-electron chi connectivity index (χ4n) is 3.30. The van der Waals surface area contributed by atoms with Crippen LogP contribution in [0, 0.1) is 11.2 Å². The molecule has 1 aromatic carbocycles. The van der Waals surface area contributed by atoms with Crippen molar-refractivity contribution in [1.29, 1.82) is 0 Å².